The van der Waals surface area contributed by atoms with Crippen LogP contribution in [-0.4, -0.2) is 58.3 Å². The topological polar surface area (TPSA) is 82.7 Å². The first-order valence-corrected chi connectivity index (χ1v) is 8.52. The Labute approximate surface area is 147 Å². The van der Waals surface area contributed by atoms with Crippen molar-refractivity contribution in [3.05, 3.63) is 41.4 Å². The number of hydrogen-bond acceptors (Lipinski definition) is 6. The van der Waals surface area contributed by atoms with Crippen LogP contribution in [-0.2, 0) is 6.42 Å². The highest BCUT2D eigenvalue weighted by molar-refractivity contribution is 5.96. The molecule has 2 aromatic rings. The van der Waals surface area contributed by atoms with Crippen molar-refractivity contribution >= 4 is 11.7 Å². The fraction of sp³-hybridized carbons (Fsp3) is 0.500. The Bertz CT molecular complexity index is 746. The molecule has 1 aliphatic heterocycles. The van der Waals surface area contributed by atoms with E-state index in [2.05, 4.69) is 10.1 Å². The molecule has 1 aliphatic rings. The summed E-state index contributed by atoms with van der Waals surface area (Å²) in [6, 6.07) is 5.72. The van der Waals surface area contributed by atoms with E-state index in [1.807, 2.05) is 30.0 Å². The fourth-order valence-corrected chi connectivity index (χ4v) is 3.36. The molecule has 7 nitrogen and oxygen atoms in total. The number of aryl methyl sites for hydroxylation is 2. The van der Waals surface area contributed by atoms with E-state index in [1.165, 1.54) is 0 Å². The second-order valence-electron chi connectivity index (χ2n) is 6.66. The number of β-amino-alcohol motifs (C(OH)–C–C–N with tert-alkyl or cyclic N) is 1. The third kappa shape index (κ3) is 3.51. The van der Waals surface area contributed by atoms with Crippen LogP contribution in [0.5, 0.6) is 0 Å². The predicted molar refractivity (Wildman–Crippen MR) is 93.6 cm³/mol. The molecule has 0 aliphatic carbocycles. The molecule has 0 aromatic carbocycles. The largest absolute Gasteiger partial charge is 0.386 e. The average Bonchev–Trinajstić information content (AvgIpc) is 3.18. The Hall–Kier alpha value is -2.41. The molecular formula is C18H24N4O3. The smallest absolute Gasteiger partial charge is 0.259 e. The van der Waals surface area contributed by atoms with Crippen molar-refractivity contribution in [2.45, 2.75) is 32.3 Å². The lowest BCUT2D eigenvalue weighted by atomic mass is 10.0. The number of aromatic nitrogens is 2. The standard InChI is InChI=1S/C18H24N4O3/c1-4-14-16(13(2)25-20-14)17(23)21(3)11-18(24)8-10-22(12-18)15-7-5-6-9-19-15/h5-7,9,24H,4,8,10-12H2,1-3H3/t18-/m0/s1. The van der Waals surface area contributed by atoms with Gasteiger partial charge >= 0.3 is 0 Å². The Morgan fingerprint density at radius 1 is 1.48 bits per heavy atom. The van der Waals surface area contributed by atoms with E-state index in [0.29, 0.717) is 42.9 Å². The number of nitrogens with zero attached hydrogens (tertiary/aromatic N) is 4. The highest BCUT2D eigenvalue weighted by Crippen LogP contribution is 2.27. The first kappa shape index (κ1) is 17.4. The van der Waals surface area contributed by atoms with E-state index in [-0.39, 0.29) is 12.5 Å². The van der Waals surface area contributed by atoms with Gasteiger partial charge in [-0.25, -0.2) is 4.98 Å². The molecule has 3 rings (SSSR count). The molecule has 1 fully saturated rings. The van der Waals surface area contributed by atoms with E-state index >= 15 is 0 Å². The molecule has 3 heterocycles. The van der Waals surface area contributed by atoms with Crippen LogP contribution in [0.15, 0.2) is 28.9 Å². The Balaban J connectivity index is 1.69. The van der Waals surface area contributed by atoms with Crippen LogP contribution in [0.1, 0.15) is 35.2 Å². The van der Waals surface area contributed by atoms with Gasteiger partial charge in [0, 0.05) is 26.3 Å². The maximum atomic E-state index is 12.8. The second kappa shape index (κ2) is 6.84. The van der Waals surface area contributed by atoms with Gasteiger partial charge in [0.05, 0.1) is 12.2 Å². The molecule has 0 unspecified atom stereocenters. The number of hydrogen-bond donors (Lipinski definition) is 1. The van der Waals surface area contributed by atoms with E-state index in [1.54, 1.807) is 25.1 Å². The zero-order valence-corrected chi connectivity index (χ0v) is 14.9. The summed E-state index contributed by atoms with van der Waals surface area (Å²) in [5.41, 5.74) is 0.204. The normalized spacial score (nSPS) is 20.1. The molecule has 2 aromatic heterocycles. The van der Waals surface area contributed by atoms with E-state index in [4.69, 9.17) is 4.52 Å². The molecule has 0 radical (unpaired) electrons. The van der Waals surface area contributed by atoms with Crippen LogP contribution in [0.2, 0.25) is 0 Å². The van der Waals surface area contributed by atoms with Crippen LogP contribution >= 0.6 is 0 Å². The summed E-state index contributed by atoms with van der Waals surface area (Å²) < 4.78 is 5.15. The Morgan fingerprint density at radius 2 is 2.28 bits per heavy atom. The Morgan fingerprint density at radius 3 is 2.96 bits per heavy atom. The number of carbonyl (C=O) groups excluding carboxylic acids is 1. The number of likely N-dealkylation sites (N-methyl/N-ethyl adjacent to an activating group) is 1. The van der Waals surface area contributed by atoms with E-state index in [0.717, 1.165) is 5.82 Å². The van der Waals surface area contributed by atoms with Crippen molar-refractivity contribution in [2.24, 2.45) is 0 Å². The first-order chi connectivity index (χ1) is 11.9. The predicted octanol–water partition coefficient (Wildman–Crippen LogP) is 1.65. The minimum absolute atomic E-state index is 0.166. The maximum Gasteiger partial charge on any atom is 0.259 e. The van der Waals surface area contributed by atoms with E-state index < -0.39 is 5.60 Å². The Kier molecular flexibility index (Phi) is 4.76. The third-order valence-electron chi connectivity index (χ3n) is 4.67. The maximum absolute atomic E-state index is 12.8. The molecule has 0 spiro atoms. The second-order valence-corrected chi connectivity index (χ2v) is 6.66. The van der Waals surface area contributed by atoms with Crippen LogP contribution in [0, 0.1) is 6.92 Å². The van der Waals surface area contributed by atoms with Crippen molar-refractivity contribution in [1.82, 2.24) is 15.0 Å². The van der Waals surface area contributed by atoms with Gasteiger partial charge in [0.25, 0.3) is 5.91 Å². The zero-order chi connectivity index (χ0) is 18.0. The lowest BCUT2D eigenvalue weighted by Gasteiger charge is -2.29. The molecule has 0 bridgehead atoms. The van der Waals surface area contributed by atoms with Gasteiger partial charge in [-0.3, -0.25) is 4.79 Å². The summed E-state index contributed by atoms with van der Waals surface area (Å²) in [6.07, 6.45) is 2.96. The number of aliphatic hydroxyl groups is 1. The molecule has 0 saturated carbocycles. The summed E-state index contributed by atoms with van der Waals surface area (Å²) in [4.78, 5) is 20.7. The molecule has 134 valence electrons. The minimum atomic E-state index is -0.959. The van der Waals surface area contributed by atoms with Crippen molar-refractivity contribution in [1.29, 1.82) is 0 Å². The van der Waals surface area contributed by atoms with Crippen molar-refractivity contribution < 1.29 is 14.4 Å². The molecule has 1 amide bonds. The van der Waals surface area contributed by atoms with Gasteiger partial charge in [-0.1, -0.05) is 18.1 Å². The molecular weight excluding hydrogens is 320 g/mol. The summed E-state index contributed by atoms with van der Waals surface area (Å²) in [6.45, 7) is 5.08. The summed E-state index contributed by atoms with van der Waals surface area (Å²) >= 11 is 0. The number of carbonyl (C=O) groups is 1. The summed E-state index contributed by atoms with van der Waals surface area (Å²) in [5, 5.41) is 14.9. The van der Waals surface area contributed by atoms with Gasteiger partial charge in [-0.05, 0) is 31.9 Å². The van der Waals surface area contributed by atoms with Crippen molar-refractivity contribution in [2.75, 3.05) is 31.6 Å². The highest BCUT2D eigenvalue weighted by atomic mass is 16.5. The van der Waals surface area contributed by atoms with Gasteiger partial charge in [0.15, 0.2) is 0 Å². The van der Waals surface area contributed by atoms with Crippen LogP contribution in [0.25, 0.3) is 0 Å². The van der Waals surface area contributed by atoms with Crippen LogP contribution < -0.4 is 4.90 Å². The van der Waals surface area contributed by atoms with Crippen LogP contribution in [0.3, 0.4) is 0 Å². The molecule has 25 heavy (non-hydrogen) atoms. The van der Waals surface area contributed by atoms with Gasteiger partial charge in [0.1, 0.15) is 22.7 Å². The third-order valence-corrected chi connectivity index (χ3v) is 4.67. The van der Waals surface area contributed by atoms with Crippen LogP contribution in [0.4, 0.5) is 5.82 Å². The number of pyridine rings is 1. The monoisotopic (exact) mass is 344 g/mol. The van der Waals surface area contributed by atoms with Gasteiger partial charge in [0.2, 0.25) is 0 Å². The van der Waals surface area contributed by atoms with Gasteiger partial charge in [-0.15, -0.1) is 0 Å². The quantitative estimate of drug-likeness (QED) is 0.888. The van der Waals surface area contributed by atoms with Crippen molar-refractivity contribution in [3.63, 3.8) is 0 Å². The first-order valence-electron chi connectivity index (χ1n) is 8.52. The van der Waals surface area contributed by atoms with Gasteiger partial charge < -0.3 is 19.4 Å². The van der Waals surface area contributed by atoms with E-state index in [9.17, 15) is 9.90 Å². The highest BCUT2D eigenvalue weighted by Gasteiger charge is 2.39. The number of amides is 1. The van der Waals surface area contributed by atoms with Gasteiger partial charge in [-0.2, -0.15) is 0 Å². The molecule has 1 N–H and O–H groups in total. The lowest BCUT2D eigenvalue weighted by Crippen LogP contribution is -2.46. The molecule has 7 heteroatoms. The fourth-order valence-electron chi connectivity index (χ4n) is 3.36. The zero-order valence-electron chi connectivity index (χ0n) is 14.9. The summed E-state index contributed by atoms with van der Waals surface area (Å²) in [5.74, 6) is 1.19. The van der Waals surface area contributed by atoms with Crippen molar-refractivity contribution in [3.8, 4) is 0 Å². The minimum Gasteiger partial charge on any atom is -0.386 e. The number of rotatable bonds is 5. The summed E-state index contributed by atoms with van der Waals surface area (Å²) in [7, 11) is 1.70. The lowest BCUT2D eigenvalue weighted by molar-refractivity contribution is 0.0263. The molecule has 1 saturated heterocycles. The number of anilines is 1. The SMILES string of the molecule is CCc1noc(C)c1C(=O)N(C)C[C@@]1(O)CCN(c2ccccn2)C1. The average molecular weight is 344 g/mol. The molecule has 1 atom stereocenters.